The van der Waals surface area contributed by atoms with E-state index in [0.29, 0.717) is 12.2 Å². The Labute approximate surface area is 229 Å². The van der Waals surface area contributed by atoms with Crippen molar-refractivity contribution in [3.8, 4) is 0 Å². The Morgan fingerprint density at radius 1 is 1.10 bits per heavy atom. The van der Waals surface area contributed by atoms with Crippen molar-refractivity contribution in [2.75, 3.05) is 26.3 Å². The van der Waals surface area contributed by atoms with E-state index in [1.807, 2.05) is 44.2 Å². The number of benzene rings is 2. The first-order chi connectivity index (χ1) is 18.7. The lowest BCUT2D eigenvalue weighted by Crippen LogP contribution is -2.51. The molecule has 3 N–H and O–H groups in total. The van der Waals surface area contributed by atoms with Gasteiger partial charge in [-0.05, 0) is 42.0 Å². The van der Waals surface area contributed by atoms with Gasteiger partial charge in [-0.15, -0.1) is 0 Å². The highest BCUT2D eigenvalue weighted by Gasteiger charge is 2.44. The lowest BCUT2D eigenvalue weighted by Gasteiger charge is -2.31. The van der Waals surface area contributed by atoms with E-state index < -0.39 is 34.4 Å². The van der Waals surface area contributed by atoms with Crippen LogP contribution in [0.4, 0.5) is 4.79 Å². The van der Waals surface area contributed by atoms with Gasteiger partial charge in [0.1, 0.15) is 6.10 Å². The van der Waals surface area contributed by atoms with E-state index in [-0.39, 0.29) is 55.7 Å². The standard InChI is InChI=1S/C28H38N2O8S/c1-19(2)15-30(39(34,35)22-10-6-9-21(13-22)17-31)16-25(32)24(14-20-7-4-3-5-8-20)29-28(33)38-26-18-37-27-23(26)11-12-36-27/h3-10,13,19,23-27,31-32H,11-12,14-18H2,1-2H3,(H,29,33)/t23?,24-,25+,26-,27+/m0/s1. The van der Waals surface area contributed by atoms with Crippen LogP contribution in [-0.4, -0.2) is 79.9 Å². The third-order valence-electron chi connectivity index (χ3n) is 6.99. The summed E-state index contributed by atoms with van der Waals surface area (Å²) in [5, 5.41) is 23.6. The van der Waals surface area contributed by atoms with E-state index in [9.17, 15) is 23.4 Å². The second-order valence-corrected chi connectivity index (χ2v) is 12.4. The van der Waals surface area contributed by atoms with Crippen molar-refractivity contribution in [1.82, 2.24) is 9.62 Å². The minimum atomic E-state index is -4.00. The van der Waals surface area contributed by atoms with Crippen molar-refractivity contribution in [3.05, 3.63) is 65.7 Å². The molecule has 2 heterocycles. The van der Waals surface area contributed by atoms with Gasteiger partial charge in [0.05, 0.1) is 42.8 Å². The van der Waals surface area contributed by atoms with Crippen LogP contribution in [-0.2, 0) is 37.3 Å². The molecule has 11 heteroatoms. The van der Waals surface area contributed by atoms with Crippen LogP contribution >= 0.6 is 0 Å². The smallest absolute Gasteiger partial charge is 0.407 e. The predicted molar refractivity (Wildman–Crippen MR) is 143 cm³/mol. The van der Waals surface area contributed by atoms with Crippen LogP contribution in [0.15, 0.2) is 59.5 Å². The Bertz CT molecular complexity index is 1190. The maximum atomic E-state index is 13.6. The first-order valence-corrected chi connectivity index (χ1v) is 14.7. The number of hydrogen-bond donors (Lipinski definition) is 3. The molecule has 0 aliphatic carbocycles. The quantitative estimate of drug-likeness (QED) is 0.359. The maximum absolute atomic E-state index is 13.6. The van der Waals surface area contributed by atoms with E-state index >= 15 is 0 Å². The van der Waals surface area contributed by atoms with Crippen LogP contribution in [0.3, 0.4) is 0 Å². The molecule has 2 aromatic carbocycles. The van der Waals surface area contributed by atoms with Crippen molar-refractivity contribution >= 4 is 16.1 Å². The summed E-state index contributed by atoms with van der Waals surface area (Å²) in [4.78, 5) is 13.0. The molecule has 2 aliphatic heterocycles. The third kappa shape index (κ3) is 7.56. The highest BCUT2D eigenvalue weighted by molar-refractivity contribution is 7.89. The molecule has 1 amide bonds. The number of aliphatic hydroxyl groups excluding tert-OH is 2. The zero-order valence-electron chi connectivity index (χ0n) is 22.3. The number of alkyl carbamates (subject to hydrolysis) is 1. The Kier molecular flexibility index (Phi) is 9.97. The van der Waals surface area contributed by atoms with E-state index in [2.05, 4.69) is 5.32 Å². The molecule has 0 radical (unpaired) electrons. The molecular weight excluding hydrogens is 524 g/mol. The molecular formula is C28H38N2O8S. The molecule has 214 valence electrons. The van der Waals surface area contributed by atoms with Gasteiger partial charge < -0.3 is 29.7 Å². The summed E-state index contributed by atoms with van der Waals surface area (Å²) in [6, 6.07) is 14.6. The van der Waals surface area contributed by atoms with Crippen molar-refractivity contribution in [2.45, 2.75) is 62.7 Å². The zero-order valence-corrected chi connectivity index (χ0v) is 23.1. The minimum absolute atomic E-state index is 0.0255. The predicted octanol–water partition coefficient (Wildman–Crippen LogP) is 2.29. The van der Waals surface area contributed by atoms with Gasteiger partial charge in [0.2, 0.25) is 10.0 Å². The van der Waals surface area contributed by atoms with Gasteiger partial charge in [-0.25, -0.2) is 13.2 Å². The average molecular weight is 563 g/mol. The first kappa shape index (κ1) is 29.4. The van der Waals surface area contributed by atoms with E-state index in [1.54, 1.807) is 12.1 Å². The highest BCUT2D eigenvalue weighted by Crippen LogP contribution is 2.33. The lowest BCUT2D eigenvalue weighted by molar-refractivity contribution is -0.0907. The maximum Gasteiger partial charge on any atom is 0.407 e. The monoisotopic (exact) mass is 562 g/mol. The Morgan fingerprint density at radius 2 is 1.85 bits per heavy atom. The van der Waals surface area contributed by atoms with Gasteiger partial charge in [0.25, 0.3) is 0 Å². The van der Waals surface area contributed by atoms with Crippen molar-refractivity contribution in [3.63, 3.8) is 0 Å². The number of rotatable bonds is 12. The van der Waals surface area contributed by atoms with Crippen molar-refractivity contribution < 1.29 is 37.6 Å². The summed E-state index contributed by atoms with van der Waals surface area (Å²) in [6.07, 6.45) is -1.77. The Morgan fingerprint density at radius 3 is 2.56 bits per heavy atom. The summed E-state index contributed by atoms with van der Waals surface area (Å²) in [6.45, 7) is 4.19. The van der Waals surface area contributed by atoms with Crippen molar-refractivity contribution in [2.24, 2.45) is 11.8 Å². The molecule has 0 saturated carbocycles. The second kappa shape index (κ2) is 13.2. The Hall–Kier alpha value is -2.54. The molecule has 2 aromatic rings. The largest absolute Gasteiger partial charge is 0.443 e. The Balaban J connectivity index is 1.52. The van der Waals surface area contributed by atoms with E-state index in [1.165, 1.54) is 16.4 Å². The fourth-order valence-corrected chi connectivity index (χ4v) is 6.68. The van der Waals surface area contributed by atoms with Gasteiger partial charge in [0.15, 0.2) is 6.29 Å². The number of nitrogens with zero attached hydrogens (tertiary/aromatic N) is 1. The molecule has 0 aromatic heterocycles. The number of ether oxygens (including phenoxy) is 3. The van der Waals surface area contributed by atoms with Gasteiger partial charge in [-0.1, -0.05) is 56.3 Å². The normalized spacial score (nSPS) is 22.6. The topological polar surface area (TPSA) is 135 Å². The number of nitrogens with one attached hydrogen (secondary N) is 1. The summed E-state index contributed by atoms with van der Waals surface area (Å²) < 4.78 is 45.2. The summed E-state index contributed by atoms with van der Waals surface area (Å²) >= 11 is 0. The number of carbonyl (C=O) groups is 1. The number of fused-ring (bicyclic) bond motifs is 1. The number of sulfonamides is 1. The third-order valence-corrected chi connectivity index (χ3v) is 8.82. The zero-order chi connectivity index (χ0) is 28.0. The molecule has 0 spiro atoms. The van der Waals surface area contributed by atoms with Crippen LogP contribution in [0.25, 0.3) is 0 Å². The number of hydrogen-bond acceptors (Lipinski definition) is 8. The number of carbonyl (C=O) groups excluding carboxylic acids is 1. The lowest BCUT2D eigenvalue weighted by atomic mass is 10.0. The fourth-order valence-electron chi connectivity index (χ4n) is 4.99. The highest BCUT2D eigenvalue weighted by atomic mass is 32.2. The van der Waals surface area contributed by atoms with Crippen LogP contribution in [0.1, 0.15) is 31.4 Å². The first-order valence-electron chi connectivity index (χ1n) is 13.3. The summed E-state index contributed by atoms with van der Waals surface area (Å²) in [5.74, 6) is -0.0583. The molecule has 0 bridgehead atoms. The van der Waals surface area contributed by atoms with Gasteiger partial charge in [-0.2, -0.15) is 4.31 Å². The average Bonchev–Trinajstić information content (AvgIpc) is 3.53. The van der Waals surface area contributed by atoms with Gasteiger partial charge in [-0.3, -0.25) is 0 Å². The van der Waals surface area contributed by atoms with Gasteiger partial charge >= 0.3 is 6.09 Å². The SMILES string of the molecule is CC(C)CN(C[C@@H](O)[C@H](Cc1ccccc1)NC(=O)O[C@H]1CO[C@H]2OCCC21)S(=O)(=O)c1cccc(CO)c1. The molecule has 5 atom stereocenters. The molecule has 39 heavy (non-hydrogen) atoms. The summed E-state index contributed by atoms with van der Waals surface area (Å²) in [7, 11) is -4.00. The number of aliphatic hydroxyl groups is 2. The summed E-state index contributed by atoms with van der Waals surface area (Å²) in [5.41, 5.74) is 1.34. The second-order valence-electron chi connectivity index (χ2n) is 10.5. The molecule has 2 fully saturated rings. The van der Waals surface area contributed by atoms with Crippen LogP contribution in [0, 0.1) is 11.8 Å². The molecule has 4 rings (SSSR count). The molecule has 2 saturated heterocycles. The van der Waals surface area contributed by atoms with E-state index in [0.717, 1.165) is 12.0 Å². The van der Waals surface area contributed by atoms with Crippen LogP contribution in [0.5, 0.6) is 0 Å². The molecule has 1 unspecified atom stereocenters. The fraction of sp³-hybridized carbons (Fsp3) is 0.536. The van der Waals surface area contributed by atoms with Crippen LogP contribution in [0.2, 0.25) is 0 Å². The van der Waals surface area contributed by atoms with Crippen LogP contribution < -0.4 is 5.32 Å². The van der Waals surface area contributed by atoms with Crippen molar-refractivity contribution in [1.29, 1.82) is 0 Å². The van der Waals surface area contributed by atoms with E-state index in [4.69, 9.17) is 14.2 Å². The number of amides is 1. The molecule has 10 nitrogen and oxygen atoms in total. The molecule has 2 aliphatic rings. The minimum Gasteiger partial charge on any atom is -0.443 e. The van der Waals surface area contributed by atoms with Gasteiger partial charge in [0, 0.05) is 13.1 Å².